The summed E-state index contributed by atoms with van der Waals surface area (Å²) in [5.41, 5.74) is 0.459. The number of halogens is 2. The molecule has 1 aliphatic carbocycles. The molecule has 0 aromatic carbocycles. The Morgan fingerprint density at radius 2 is 1.72 bits per heavy atom. The second-order valence-corrected chi connectivity index (χ2v) is 9.32. The van der Waals surface area contributed by atoms with Gasteiger partial charge in [-0.05, 0) is 46.5 Å². The lowest BCUT2D eigenvalue weighted by molar-refractivity contribution is 0.0491. The van der Waals surface area contributed by atoms with Gasteiger partial charge in [0.2, 0.25) is 0 Å². The molecule has 1 fully saturated rings. The first-order chi connectivity index (χ1) is 17.1. The minimum atomic E-state index is -2.69. The minimum Gasteiger partial charge on any atom is -0.467 e. The average Bonchev–Trinajstić information content (AvgIpc) is 2.83. The van der Waals surface area contributed by atoms with E-state index in [1.165, 1.54) is 36.8 Å². The van der Waals surface area contributed by atoms with Crippen molar-refractivity contribution in [1.29, 1.82) is 0 Å². The molecule has 36 heavy (non-hydrogen) atoms. The molecule has 0 spiro atoms. The van der Waals surface area contributed by atoms with E-state index in [1.807, 2.05) is 0 Å². The van der Waals surface area contributed by atoms with Crippen LogP contribution >= 0.6 is 0 Å². The maximum Gasteiger partial charge on any atom is 0.407 e. The molecule has 0 radical (unpaired) electrons. The highest BCUT2D eigenvalue weighted by atomic mass is 19.3. The summed E-state index contributed by atoms with van der Waals surface area (Å²) >= 11 is 0. The number of nitrogens with zero attached hydrogens (tertiary/aromatic N) is 5. The molecule has 1 aliphatic rings. The number of aromatic nitrogens is 4. The van der Waals surface area contributed by atoms with Crippen molar-refractivity contribution in [3.8, 4) is 17.3 Å². The Hall–Kier alpha value is -3.64. The standard InChI is InChI=1S/C23H31F2N7O4/c1-23(2,3)36-22(34)31-15-5-7-16(8-6-15)32(21(33)30-12-18(24)25)19-13-26-17(11-27-19)14-9-28-20(35-4)29-10-14/h9-11,13,15-16,18H,5-8,12H2,1-4H3,(H,30,33)(H,31,34). The zero-order valence-electron chi connectivity index (χ0n) is 20.7. The van der Waals surface area contributed by atoms with Crippen LogP contribution < -0.4 is 20.3 Å². The third-order valence-corrected chi connectivity index (χ3v) is 5.40. The van der Waals surface area contributed by atoms with E-state index >= 15 is 0 Å². The van der Waals surface area contributed by atoms with Gasteiger partial charge in [-0.3, -0.25) is 9.88 Å². The second-order valence-electron chi connectivity index (χ2n) is 9.32. The van der Waals surface area contributed by atoms with Crippen LogP contribution in [0.4, 0.5) is 24.2 Å². The maximum absolute atomic E-state index is 12.9. The molecule has 0 unspecified atom stereocenters. The van der Waals surface area contributed by atoms with Gasteiger partial charge in [-0.2, -0.15) is 0 Å². The molecule has 13 heteroatoms. The number of urea groups is 1. The smallest absolute Gasteiger partial charge is 0.407 e. The molecule has 196 valence electrons. The SMILES string of the molecule is COc1ncc(-c2cnc(N(C(=O)NCC(F)F)C3CCC(NC(=O)OC(C)(C)C)CC3)cn2)cn1. The summed E-state index contributed by atoms with van der Waals surface area (Å²) in [5, 5.41) is 5.10. The van der Waals surface area contributed by atoms with Crippen molar-refractivity contribution in [2.75, 3.05) is 18.6 Å². The molecule has 2 N–H and O–H groups in total. The number of carbonyl (C=O) groups excluding carboxylic acids is 2. The van der Waals surface area contributed by atoms with Crippen LogP contribution in [0.1, 0.15) is 46.5 Å². The fourth-order valence-corrected chi connectivity index (χ4v) is 3.81. The summed E-state index contributed by atoms with van der Waals surface area (Å²) in [6.07, 6.45) is 4.96. The molecule has 2 aromatic rings. The van der Waals surface area contributed by atoms with Crippen molar-refractivity contribution >= 4 is 17.9 Å². The normalized spacial score (nSPS) is 17.9. The number of methoxy groups -OCH3 is 1. The van der Waals surface area contributed by atoms with Crippen molar-refractivity contribution in [1.82, 2.24) is 30.6 Å². The summed E-state index contributed by atoms with van der Waals surface area (Å²) in [5.74, 6) is 0.225. The van der Waals surface area contributed by atoms with Gasteiger partial charge in [-0.25, -0.2) is 33.3 Å². The van der Waals surface area contributed by atoms with Crippen molar-refractivity contribution in [2.45, 2.75) is 70.6 Å². The summed E-state index contributed by atoms with van der Waals surface area (Å²) in [4.78, 5) is 43.1. The summed E-state index contributed by atoms with van der Waals surface area (Å²) in [7, 11) is 1.46. The van der Waals surface area contributed by atoms with Gasteiger partial charge < -0.3 is 20.1 Å². The molecule has 3 amide bonds. The summed E-state index contributed by atoms with van der Waals surface area (Å²) in [6.45, 7) is 4.58. The van der Waals surface area contributed by atoms with E-state index in [0.717, 1.165) is 0 Å². The molecular formula is C23H31F2N7O4. The molecule has 1 saturated carbocycles. The third-order valence-electron chi connectivity index (χ3n) is 5.40. The lowest BCUT2D eigenvalue weighted by Crippen LogP contribution is -2.51. The molecule has 0 atom stereocenters. The number of amides is 3. The first-order valence-electron chi connectivity index (χ1n) is 11.6. The minimum absolute atomic E-state index is 0.120. The van der Waals surface area contributed by atoms with Gasteiger partial charge in [0.05, 0.1) is 31.7 Å². The fraction of sp³-hybridized carbons (Fsp3) is 0.565. The monoisotopic (exact) mass is 507 g/mol. The number of anilines is 1. The van der Waals surface area contributed by atoms with Gasteiger partial charge in [-0.15, -0.1) is 0 Å². The third kappa shape index (κ3) is 7.68. The van der Waals surface area contributed by atoms with E-state index in [4.69, 9.17) is 9.47 Å². The van der Waals surface area contributed by atoms with Gasteiger partial charge in [-0.1, -0.05) is 0 Å². The molecule has 2 aromatic heterocycles. The van der Waals surface area contributed by atoms with Crippen molar-refractivity contribution in [3.63, 3.8) is 0 Å². The van der Waals surface area contributed by atoms with E-state index in [-0.39, 0.29) is 23.9 Å². The van der Waals surface area contributed by atoms with Crippen molar-refractivity contribution < 1.29 is 27.8 Å². The summed E-state index contributed by atoms with van der Waals surface area (Å²) < 4.78 is 35.8. The van der Waals surface area contributed by atoms with Crippen LogP contribution in [0, 0.1) is 0 Å². The van der Waals surface area contributed by atoms with Gasteiger partial charge in [0.1, 0.15) is 5.60 Å². The van der Waals surface area contributed by atoms with E-state index in [2.05, 4.69) is 30.6 Å². The van der Waals surface area contributed by atoms with Crippen LogP contribution in [0.25, 0.3) is 11.3 Å². The number of hydrogen-bond donors (Lipinski definition) is 2. The Bertz CT molecular complexity index is 1010. The number of carbonyl (C=O) groups is 2. The number of nitrogens with one attached hydrogen (secondary N) is 2. The Morgan fingerprint density at radius 1 is 1.06 bits per heavy atom. The van der Waals surface area contributed by atoms with E-state index in [9.17, 15) is 18.4 Å². The number of hydrogen-bond acceptors (Lipinski definition) is 8. The topological polar surface area (TPSA) is 131 Å². The van der Waals surface area contributed by atoms with Crippen molar-refractivity contribution in [3.05, 3.63) is 24.8 Å². The lowest BCUT2D eigenvalue weighted by Gasteiger charge is -2.36. The number of ether oxygens (including phenoxy) is 2. The largest absolute Gasteiger partial charge is 0.467 e. The number of alkyl halides is 2. The Morgan fingerprint density at radius 3 is 2.25 bits per heavy atom. The van der Waals surface area contributed by atoms with Gasteiger partial charge in [0.15, 0.2) is 5.82 Å². The highest BCUT2D eigenvalue weighted by Gasteiger charge is 2.32. The molecular weight excluding hydrogens is 476 g/mol. The molecule has 0 saturated heterocycles. The molecule has 0 aliphatic heterocycles. The van der Waals surface area contributed by atoms with Crippen LogP contribution in [0.3, 0.4) is 0 Å². The van der Waals surface area contributed by atoms with Crippen LogP contribution in [0.2, 0.25) is 0 Å². The van der Waals surface area contributed by atoms with Crippen LogP contribution in [0.5, 0.6) is 6.01 Å². The lowest BCUT2D eigenvalue weighted by atomic mass is 9.90. The first-order valence-corrected chi connectivity index (χ1v) is 11.6. The zero-order chi connectivity index (χ0) is 26.3. The van der Waals surface area contributed by atoms with Crippen LogP contribution in [-0.4, -0.2) is 69.8 Å². The average molecular weight is 508 g/mol. The second kappa shape index (κ2) is 11.9. The van der Waals surface area contributed by atoms with Crippen LogP contribution in [-0.2, 0) is 4.74 Å². The van der Waals surface area contributed by atoms with E-state index < -0.39 is 30.7 Å². The van der Waals surface area contributed by atoms with Crippen LogP contribution in [0.15, 0.2) is 24.8 Å². The number of alkyl carbamates (subject to hydrolysis) is 1. The van der Waals surface area contributed by atoms with Gasteiger partial charge in [0, 0.05) is 30.0 Å². The number of rotatable bonds is 7. The Labute approximate surface area is 208 Å². The summed E-state index contributed by atoms with van der Waals surface area (Å²) in [6, 6.07) is -0.912. The molecule has 2 heterocycles. The van der Waals surface area contributed by atoms with Gasteiger partial charge in [0.25, 0.3) is 6.43 Å². The Kier molecular flexibility index (Phi) is 8.88. The highest BCUT2D eigenvalue weighted by molar-refractivity contribution is 5.91. The van der Waals surface area contributed by atoms with E-state index in [1.54, 1.807) is 20.8 Å². The predicted octanol–water partition coefficient (Wildman–Crippen LogP) is 3.56. The quantitative estimate of drug-likeness (QED) is 0.582. The molecule has 3 rings (SSSR count). The first kappa shape index (κ1) is 27.0. The highest BCUT2D eigenvalue weighted by Crippen LogP contribution is 2.28. The zero-order valence-corrected chi connectivity index (χ0v) is 20.7. The Balaban J connectivity index is 1.71. The fourth-order valence-electron chi connectivity index (χ4n) is 3.81. The predicted molar refractivity (Wildman–Crippen MR) is 127 cm³/mol. The van der Waals surface area contributed by atoms with Crippen molar-refractivity contribution in [2.24, 2.45) is 0 Å². The molecule has 0 bridgehead atoms. The van der Waals surface area contributed by atoms with Gasteiger partial charge >= 0.3 is 18.1 Å². The maximum atomic E-state index is 12.9. The molecule has 11 nitrogen and oxygen atoms in total. The van der Waals surface area contributed by atoms with E-state index in [0.29, 0.717) is 36.9 Å².